The van der Waals surface area contributed by atoms with Crippen LogP contribution in [0, 0.1) is 17.8 Å². The molecular formula is C10H10O. The minimum absolute atomic E-state index is 0.271. The molecule has 0 aromatic carbocycles. The minimum atomic E-state index is -0.500. The molecule has 0 unspecified atom stereocenters. The second kappa shape index (κ2) is 1.51. The van der Waals surface area contributed by atoms with Crippen molar-refractivity contribution in [3.05, 3.63) is 36.5 Å². The lowest BCUT2D eigenvalue weighted by Crippen LogP contribution is -2.38. The van der Waals surface area contributed by atoms with Crippen molar-refractivity contribution >= 4 is 0 Å². The minimum Gasteiger partial charge on any atom is -0.387 e. The van der Waals surface area contributed by atoms with E-state index in [9.17, 15) is 5.11 Å². The number of hydrogen-bond acceptors (Lipinski definition) is 1. The van der Waals surface area contributed by atoms with E-state index in [-0.39, 0.29) is 17.8 Å². The first-order valence-electron chi connectivity index (χ1n) is 4.09. The van der Waals surface area contributed by atoms with Crippen molar-refractivity contribution in [2.24, 2.45) is 17.8 Å². The predicted octanol–water partition coefficient (Wildman–Crippen LogP) is 1.28. The third kappa shape index (κ3) is 0.457. The van der Waals surface area contributed by atoms with E-state index in [2.05, 4.69) is 36.5 Å². The lowest BCUT2D eigenvalue weighted by molar-refractivity contribution is -0.00312. The van der Waals surface area contributed by atoms with Crippen molar-refractivity contribution in [1.29, 1.82) is 0 Å². The standard InChI is InChI=1S/C10H10O/c11-10-7-1-2-8(10)5-6-9(10)4-3-7/h1-9,11H. The van der Waals surface area contributed by atoms with Crippen LogP contribution in [0.3, 0.4) is 0 Å². The molecule has 11 heavy (non-hydrogen) atoms. The first-order chi connectivity index (χ1) is 5.32. The van der Waals surface area contributed by atoms with Crippen LogP contribution < -0.4 is 0 Å². The average Bonchev–Trinajstić information content (AvgIpc) is 2.53. The van der Waals surface area contributed by atoms with E-state index < -0.39 is 5.60 Å². The molecule has 1 nitrogen and oxygen atoms in total. The lowest BCUT2D eigenvalue weighted by atomic mass is 9.83. The highest BCUT2D eigenvalue weighted by atomic mass is 16.3. The summed E-state index contributed by atoms with van der Waals surface area (Å²) < 4.78 is 0. The van der Waals surface area contributed by atoms with Crippen molar-refractivity contribution in [2.45, 2.75) is 5.60 Å². The lowest BCUT2D eigenvalue weighted by Gasteiger charge is -2.28. The fourth-order valence-electron chi connectivity index (χ4n) is 2.50. The Labute approximate surface area is 65.7 Å². The second-order valence-electron chi connectivity index (χ2n) is 3.62. The molecule has 0 heterocycles. The van der Waals surface area contributed by atoms with Gasteiger partial charge in [0.15, 0.2) is 0 Å². The van der Waals surface area contributed by atoms with E-state index in [0.717, 1.165) is 0 Å². The first-order valence-corrected chi connectivity index (χ1v) is 4.09. The maximum atomic E-state index is 10.2. The van der Waals surface area contributed by atoms with Gasteiger partial charge < -0.3 is 5.11 Å². The molecule has 3 aliphatic carbocycles. The Kier molecular flexibility index (Phi) is 0.793. The topological polar surface area (TPSA) is 20.2 Å². The highest BCUT2D eigenvalue weighted by Gasteiger charge is 2.53. The molecule has 0 radical (unpaired) electrons. The fourth-order valence-corrected chi connectivity index (χ4v) is 2.50. The second-order valence-corrected chi connectivity index (χ2v) is 3.62. The fraction of sp³-hybridized carbons (Fsp3) is 0.400. The van der Waals surface area contributed by atoms with Crippen molar-refractivity contribution in [3.8, 4) is 0 Å². The Morgan fingerprint density at radius 1 is 0.727 bits per heavy atom. The van der Waals surface area contributed by atoms with Crippen LogP contribution >= 0.6 is 0 Å². The summed E-state index contributed by atoms with van der Waals surface area (Å²) in [5, 5.41) is 10.2. The Hall–Kier alpha value is -0.820. The number of hydrogen-bond donors (Lipinski definition) is 1. The highest BCUT2D eigenvalue weighted by Crippen LogP contribution is 2.51. The summed E-state index contributed by atoms with van der Waals surface area (Å²) in [6.07, 6.45) is 12.7. The van der Waals surface area contributed by atoms with Gasteiger partial charge in [-0.3, -0.25) is 0 Å². The summed E-state index contributed by atoms with van der Waals surface area (Å²) in [4.78, 5) is 0. The monoisotopic (exact) mass is 146 g/mol. The summed E-state index contributed by atoms with van der Waals surface area (Å²) in [5.41, 5.74) is -0.500. The smallest absolute Gasteiger partial charge is 0.0937 e. The zero-order valence-electron chi connectivity index (χ0n) is 6.14. The third-order valence-electron chi connectivity index (χ3n) is 3.18. The molecule has 0 aromatic rings. The van der Waals surface area contributed by atoms with Crippen molar-refractivity contribution < 1.29 is 5.11 Å². The van der Waals surface area contributed by atoms with Gasteiger partial charge in [0.05, 0.1) is 5.60 Å². The normalized spacial score (nSPS) is 55.9. The van der Waals surface area contributed by atoms with Crippen LogP contribution in [0.15, 0.2) is 36.5 Å². The van der Waals surface area contributed by atoms with Gasteiger partial charge in [-0.2, -0.15) is 0 Å². The van der Waals surface area contributed by atoms with E-state index in [0.29, 0.717) is 0 Å². The quantitative estimate of drug-likeness (QED) is 0.510. The Morgan fingerprint density at radius 3 is 1.27 bits per heavy atom. The molecule has 0 bridgehead atoms. The van der Waals surface area contributed by atoms with E-state index in [1.54, 1.807) is 0 Å². The zero-order valence-corrected chi connectivity index (χ0v) is 6.14. The molecule has 3 aliphatic rings. The van der Waals surface area contributed by atoms with Crippen LogP contribution in [0.25, 0.3) is 0 Å². The van der Waals surface area contributed by atoms with Gasteiger partial charge in [-0.25, -0.2) is 0 Å². The molecule has 0 amide bonds. The average molecular weight is 146 g/mol. The van der Waals surface area contributed by atoms with E-state index >= 15 is 0 Å². The van der Waals surface area contributed by atoms with Gasteiger partial charge in [-0.1, -0.05) is 36.5 Å². The molecule has 1 heteroatoms. The molecule has 0 saturated carbocycles. The zero-order chi connectivity index (χ0) is 7.47. The van der Waals surface area contributed by atoms with Crippen LogP contribution in [0.4, 0.5) is 0 Å². The number of rotatable bonds is 0. The van der Waals surface area contributed by atoms with Gasteiger partial charge in [0.1, 0.15) is 0 Å². The van der Waals surface area contributed by atoms with Crippen molar-refractivity contribution in [3.63, 3.8) is 0 Å². The summed E-state index contributed by atoms with van der Waals surface area (Å²) >= 11 is 0. The van der Waals surface area contributed by atoms with Crippen LogP contribution in [0.2, 0.25) is 0 Å². The summed E-state index contributed by atoms with van der Waals surface area (Å²) in [6, 6.07) is 0. The van der Waals surface area contributed by atoms with Crippen molar-refractivity contribution in [2.75, 3.05) is 0 Å². The predicted molar refractivity (Wildman–Crippen MR) is 42.8 cm³/mol. The van der Waals surface area contributed by atoms with Crippen LogP contribution in [-0.4, -0.2) is 10.7 Å². The number of aliphatic hydroxyl groups is 1. The first kappa shape index (κ1) is 5.78. The van der Waals surface area contributed by atoms with Crippen LogP contribution in [0.1, 0.15) is 0 Å². The van der Waals surface area contributed by atoms with Crippen LogP contribution in [-0.2, 0) is 0 Å². The van der Waals surface area contributed by atoms with E-state index in [1.165, 1.54) is 0 Å². The van der Waals surface area contributed by atoms with Gasteiger partial charge in [0.25, 0.3) is 0 Å². The van der Waals surface area contributed by atoms with Gasteiger partial charge >= 0.3 is 0 Å². The molecule has 0 aromatic heterocycles. The molecular weight excluding hydrogens is 136 g/mol. The largest absolute Gasteiger partial charge is 0.387 e. The molecule has 56 valence electrons. The van der Waals surface area contributed by atoms with Gasteiger partial charge in [-0.15, -0.1) is 0 Å². The molecule has 0 fully saturated rings. The molecule has 0 saturated heterocycles. The summed E-state index contributed by atoms with van der Waals surface area (Å²) in [7, 11) is 0. The molecule has 0 aliphatic heterocycles. The summed E-state index contributed by atoms with van der Waals surface area (Å²) in [6.45, 7) is 0. The molecule has 3 rings (SSSR count). The molecule has 0 atom stereocenters. The van der Waals surface area contributed by atoms with Crippen molar-refractivity contribution in [1.82, 2.24) is 0 Å². The van der Waals surface area contributed by atoms with E-state index in [1.807, 2.05) is 0 Å². The SMILES string of the molecule is OC12C3C=CC1C=CC2C=C3. The Bertz CT molecular complexity index is 222. The molecule has 1 N–H and O–H groups in total. The van der Waals surface area contributed by atoms with E-state index in [4.69, 9.17) is 0 Å². The van der Waals surface area contributed by atoms with Gasteiger partial charge in [0, 0.05) is 17.8 Å². The molecule has 0 spiro atoms. The van der Waals surface area contributed by atoms with Gasteiger partial charge in [0.2, 0.25) is 0 Å². The third-order valence-corrected chi connectivity index (χ3v) is 3.18. The van der Waals surface area contributed by atoms with Crippen LogP contribution in [0.5, 0.6) is 0 Å². The van der Waals surface area contributed by atoms with Gasteiger partial charge in [-0.05, 0) is 0 Å². The maximum Gasteiger partial charge on any atom is 0.0937 e. The maximum absolute atomic E-state index is 10.2. The Balaban J connectivity index is 2.20. The highest BCUT2D eigenvalue weighted by molar-refractivity contribution is 5.39. The summed E-state index contributed by atoms with van der Waals surface area (Å²) in [5.74, 6) is 0.812. The Morgan fingerprint density at radius 2 is 1.00 bits per heavy atom.